The molecule has 0 saturated carbocycles. The molecule has 10 heteroatoms. The van der Waals surface area contributed by atoms with Crippen LogP contribution >= 0.6 is 0 Å². The SMILES string of the molecule is COc1ccc(C(=O)O)cc1S(=O)(=O)NNC(=O)c1cccn1C. The summed E-state index contributed by atoms with van der Waals surface area (Å²) in [7, 11) is -1.36. The monoisotopic (exact) mass is 353 g/mol. The van der Waals surface area contributed by atoms with Gasteiger partial charge in [0.05, 0.1) is 12.7 Å². The Hall–Kier alpha value is -2.85. The van der Waals surface area contributed by atoms with Gasteiger partial charge in [-0.05, 0) is 30.3 Å². The first kappa shape index (κ1) is 17.5. The minimum Gasteiger partial charge on any atom is -0.495 e. The molecule has 24 heavy (non-hydrogen) atoms. The molecule has 0 aliphatic carbocycles. The molecule has 0 aliphatic rings. The van der Waals surface area contributed by atoms with E-state index in [4.69, 9.17) is 9.84 Å². The lowest BCUT2D eigenvalue weighted by atomic mass is 10.2. The van der Waals surface area contributed by atoms with E-state index in [0.717, 1.165) is 6.07 Å². The number of aromatic nitrogens is 1. The van der Waals surface area contributed by atoms with Gasteiger partial charge in [-0.3, -0.25) is 10.2 Å². The highest BCUT2D eigenvalue weighted by Gasteiger charge is 2.23. The van der Waals surface area contributed by atoms with E-state index in [9.17, 15) is 18.0 Å². The molecule has 1 heterocycles. The smallest absolute Gasteiger partial charge is 0.335 e. The Kier molecular flexibility index (Phi) is 4.90. The van der Waals surface area contributed by atoms with Crippen molar-refractivity contribution < 1.29 is 27.9 Å². The Balaban J connectivity index is 2.27. The number of carbonyl (C=O) groups excluding carboxylic acids is 1. The van der Waals surface area contributed by atoms with Crippen LogP contribution in [0, 0.1) is 0 Å². The van der Waals surface area contributed by atoms with E-state index in [-0.39, 0.29) is 17.0 Å². The molecule has 1 aromatic heterocycles. The van der Waals surface area contributed by atoms with Crippen LogP contribution < -0.4 is 15.0 Å². The maximum absolute atomic E-state index is 12.3. The van der Waals surface area contributed by atoms with Crippen LogP contribution in [0.15, 0.2) is 41.4 Å². The standard InChI is InChI=1S/C14H15N3O6S/c1-17-7-3-4-10(17)13(18)15-16-24(21,22)12-8-9(14(19)20)5-6-11(12)23-2/h3-8,16H,1-2H3,(H,15,18)(H,19,20). The molecule has 0 bridgehead atoms. The van der Waals surface area contributed by atoms with Crippen LogP contribution in [-0.2, 0) is 17.1 Å². The molecule has 0 unspecified atom stereocenters. The van der Waals surface area contributed by atoms with Crippen molar-refractivity contribution in [2.24, 2.45) is 7.05 Å². The number of carbonyl (C=O) groups is 2. The molecule has 2 rings (SSSR count). The Morgan fingerprint density at radius 2 is 1.96 bits per heavy atom. The largest absolute Gasteiger partial charge is 0.495 e. The van der Waals surface area contributed by atoms with E-state index in [0.29, 0.717) is 0 Å². The Labute approximate surface area is 137 Å². The van der Waals surface area contributed by atoms with Crippen molar-refractivity contribution in [1.82, 2.24) is 14.8 Å². The summed E-state index contributed by atoms with van der Waals surface area (Å²) in [5, 5.41) is 8.98. The fraction of sp³-hybridized carbons (Fsp3) is 0.143. The highest BCUT2D eigenvalue weighted by molar-refractivity contribution is 7.89. The minimum absolute atomic E-state index is 0.0550. The number of nitrogens with zero attached hydrogens (tertiary/aromatic N) is 1. The Bertz CT molecular complexity index is 888. The first-order chi connectivity index (χ1) is 11.3. The number of ether oxygens (including phenoxy) is 1. The summed E-state index contributed by atoms with van der Waals surface area (Å²) in [6, 6.07) is 6.51. The number of sulfonamides is 1. The molecule has 9 nitrogen and oxygen atoms in total. The summed E-state index contributed by atoms with van der Waals surface area (Å²) in [6.07, 6.45) is 1.63. The highest BCUT2D eigenvalue weighted by Crippen LogP contribution is 2.24. The van der Waals surface area contributed by atoms with Crippen LogP contribution in [-0.4, -0.2) is 37.1 Å². The molecule has 1 aromatic carbocycles. The lowest BCUT2D eigenvalue weighted by molar-refractivity contribution is 0.0696. The first-order valence-corrected chi connectivity index (χ1v) is 8.09. The molecule has 1 amide bonds. The quantitative estimate of drug-likeness (QED) is 0.644. The molecule has 2 aromatic rings. The second-order valence-corrected chi connectivity index (χ2v) is 6.39. The van der Waals surface area contributed by atoms with E-state index < -0.39 is 26.8 Å². The number of hydrazine groups is 1. The summed E-state index contributed by atoms with van der Waals surface area (Å²) < 4.78 is 31.1. The molecular formula is C14H15N3O6S. The molecular weight excluding hydrogens is 338 g/mol. The van der Waals surface area contributed by atoms with Crippen molar-refractivity contribution in [3.05, 3.63) is 47.8 Å². The number of methoxy groups -OCH3 is 1. The van der Waals surface area contributed by atoms with E-state index >= 15 is 0 Å². The normalized spacial score (nSPS) is 11.1. The summed E-state index contributed by atoms with van der Waals surface area (Å²) in [5.41, 5.74) is 2.07. The number of aryl methyl sites for hydroxylation is 1. The van der Waals surface area contributed by atoms with Gasteiger partial charge < -0.3 is 14.4 Å². The summed E-state index contributed by atoms with van der Waals surface area (Å²) >= 11 is 0. The Morgan fingerprint density at radius 1 is 1.25 bits per heavy atom. The third kappa shape index (κ3) is 3.55. The third-order valence-corrected chi connectivity index (χ3v) is 4.44. The summed E-state index contributed by atoms with van der Waals surface area (Å²) in [4.78, 5) is 24.5. The number of hydrogen-bond donors (Lipinski definition) is 3. The second kappa shape index (κ2) is 6.72. The van der Waals surface area contributed by atoms with E-state index in [1.165, 1.54) is 29.9 Å². The molecule has 0 spiro atoms. The number of hydrogen-bond acceptors (Lipinski definition) is 5. The van der Waals surface area contributed by atoms with Crippen LogP contribution in [0.1, 0.15) is 20.8 Å². The van der Waals surface area contributed by atoms with Crippen molar-refractivity contribution in [2.75, 3.05) is 7.11 Å². The molecule has 0 saturated heterocycles. The van der Waals surface area contributed by atoms with Gasteiger partial charge >= 0.3 is 5.97 Å². The zero-order valence-corrected chi connectivity index (χ0v) is 13.6. The van der Waals surface area contributed by atoms with Gasteiger partial charge in [-0.25, -0.2) is 13.2 Å². The number of aromatic carboxylic acids is 1. The van der Waals surface area contributed by atoms with Gasteiger partial charge in [-0.2, -0.15) is 0 Å². The second-order valence-electron chi connectivity index (χ2n) is 4.73. The maximum atomic E-state index is 12.3. The fourth-order valence-corrected chi connectivity index (χ4v) is 2.98. The maximum Gasteiger partial charge on any atom is 0.335 e. The number of rotatable bonds is 6. The molecule has 0 radical (unpaired) electrons. The number of benzene rings is 1. The van der Waals surface area contributed by atoms with Gasteiger partial charge in [0, 0.05) is 13.2 Å². The van der Waals surface area contributed by atoms with Gasteiger partial charge in [0.2, 0.25) is 0 Å². The lowest BCUT2D eigenvalue weighted by Gasteiger charge is -2.12. The van der Waals surface area contributed by atoms with Gasteiger partial charge in [0.25, 0.3) is 15.9 Å². The van der Waals surface area contributed by atoms with Gasteiger partial charge in [0.1, 0.15) is 16.3 Å². The zero-order chi connectivity index (χ0) is 17.9. The molecule has 3 N–H and O–H groups in total. The zero-order valence-electron chi connectivity index (χ0n) is 12.8. The number of nitrogens with one attached hydrogen (secondary N) is 2. The predicted octanol–water partition coefficient (Wildman–Crippen LogP) is 0.355. The number of amides is 1. The van der Waals surface area contributed by atoms with Crippen LogP contribution in [0.4, 0.5) is 0 Å². The third-order valence-electron chi connectivity index (χ3n) is 3.18. The minimum atomic E-state index is -4.24. The van der Waals surface area contributed by atoms with Crippen LogP contribution in [0.2, 0.25) is 0 Å². The summed E-state index contributed by atoms with van der Waals surface area (Å²) in [5.74, 6) is -2.01. The average Bonchev–Trinajstić information content (AvgIpc) is 2.98. The van der Waals surface area contributed by atoms with Gasteiger partial charge in [-0.15, -0.1) is 4.83 Å². The topological polar surface area (TPSA) is 127 Å². The van der Waals surface area contributed by atoms with Gasteiger partial charge in [0.15, 0.2) is 0 Å². The van der Waals surface area contributed by atoms with Crippen molar-refractivity contribution in [3.63, 3.8) is 0 Å². The van der Waals surface area contributed by atoms with Crippen molar-refractivity contribution >= 4 is 21.9 Å². The van der Waals surface area contributed by atoms with Crippen molar-refractivity contribution in [1.29, 1.82) is 0 Å². The lowest BCUT2D eigenvalue weighted by Crippen LogP contribution is -2.42. The van der Waals surface area contributed by atoms with E-state index in [1.807, 2.05) is 4.83 Å². The molecule has 128 valence electrons. The van der Waals surface area contributed by atoms with Crippen molar-refractivity contribution in [2.45, 2.75) is 4.90 Å². The number of carboxylic acid groups (broad SMARTS) is 1. The molecule has 0 aliphatic heterocycles. The van der Waals surface area contributed by atoms with Gasteiger partial charge in [-0.1, -0.05) is 0 Å². The highest BCUT2D eigenvalue weighted by atomic mass is 32.2. The number of carboxylic acids is 1. The van der Waals surface area contributed by atoms with E-state index in [1.54, 1.807) is 19.3 Å². The van der Waals surface area contributed by atoms with Crippen LogP contribution in [0.5, 0.6) is 5.75 Å². The van der Waals surface area contributed by atoms with Crippen molar-refractivity contribution in [3.8, 4) is 5.75 Å². The fourth-order valence-electron chi connectivity index (χ4n) is 1.95. The first-order valence-electron chi connectivity index (χ1n) is 6.61. The van der Waals surface area contributed by atoms with E-state index in [2.05, 4.69) is 5.43 Å². The predicted molar refractivity (Wildman–Crippen MR) is 83.2 cm³/mol. The van der Waals surface area contributed by atoms with Crippen LogP contribution in [0.3, 0.4) is 0 Å². The average molecular weight is 353 g/mol. The molecule has 0 fully saturated rings. The van der Waals surface area contributed by atoms with Crippen LogP contribution in [0.25, 0.3) is 0 Å². The molecule has 0 atom stereocenters. The summed E-state index contributed by atoms with van der Waals surface area (Å²) in [6.45, 7) is 0. The Morgan fingerprint density at radius 3 is 2.50 bits per heavy atom.